The van der Waals surface area contributed by atoms with E-state index < -0.39 is 0 Å². The fraction of sp³-hybridized carbons (Fsp3) is 0.684. The van der Waals surface area contributed by atoms with Gasteiger partial charge in [-0.15, -0.1) is 0 Å². The largest absolute Gasteiger partial charge is 0.312 e. The molecule has 0 radical (unpaired) electrons. The number of hydrogen-bond donors (Lipinski definition) is 1. The zero-order valence-corrected chi connectivity index (χ0v) is 13.9. The lowest BCUT2D eigenvalue weighted by Crippen LogP contribution is -2.41. The zero-order valence-electron chi connectivity index (χ0n) is 13.9. The number of aryl methyl sites for hydroxylation is 1. The van der Waals surface area contributed by atoms with Crippen LogP contribution in [0, 0.1) is 18.8 Å². The summed E-state index contributed by atoms with van der Waals surface area (Å²) in [5.74, 6) is 2.38. The van der Waals surface area contributed by atoms with Crippen molar-refractivity contribution in [3.63, 3.8) is 0 Å². The van der Waals surface area contributed by atoms with E-state index in [0.717, 1.165) is 24.3 Å². The summed E-state index contributed by atoms with van der Waals surface area (Å²) in [5, 5.41) is 3.72. The molecule has 3 atom stereocenters. The molecule has 3 unspecified atom stereocenters. The van der Waals surface area contributed by atoms with Gasteiger partial charge in [0.25, 0.3) is 0 Å². The van der Waals surface area contributed by atoms with Crippen molar-refractivity contribution in [1.29, 1.82) is 0 Å². The van der Waals surface area contributed by atoms with Crippen LogP contribution in [0.25, 0.3) is 0 Å². The molecule has 1 aromatic carbocycles. The van der Waals surface area contributed by atoms with Gasteiger partial charge in [0.15, 0.2) is 0 Å². The van der Waals surface area contributed by atoms with Gasteiger partial charge < -0.3 is 5.32 Å². The Hall–Kier alpha value is -0.820. The summed E-state index contributed by atoms with van der Waals surface area (Å²) in [5.41, 5.74) is 3.17. The predicted octanol–water partition coefficient (Wildman–Crippen LogP) is 4.90. The van der Waals surface area contributed by atoms with Crippen molar-refractivity contribution in [3.8, 4) is 0 Å². The van der Waals surface area contributed by atoms with Gasteiger partial charge in [0, 0.05) is 5.54 Å². The first-order valence-electron chi connectivity index (χ1n) is 8.17. The van der Waals surface area contributed by atoms with Crippen LogP contribution in [0.15, 0.2) is 24.3 Å². The Balaban J connectivity index is 2.12. The Morgan fingerprint density at radius 3 is 2.60 bits per heavy atom. The van der Waals surface area contributed by atoms with Crippen LogP contribution in [0.1, 0.15) is 64.0 Å². The van der Waals surface area contributed by atoms with Crippen LogP contribution < -0.4 is 5.32 Å². The zero-order chi connectivity index (χ0) is 14.8. The second kappa shape index (κ2) is 6.30. The smallest absolute Gasteiger partial charge is 0.00966 e. The molecule has 0 heterocycles. The molecule has 1 fully saturated rings. The normalized spacial score (nSPS) is 27.6. The molecule has 1 N–H and O–H groups in total. The summed E-state index contributed by atoms with van der Waals surface area (Å²) in [4.78, 5) is 0. The van der Waals surface area contributed by atoms with Gasteiger partial charge in [0.05, 0.1) is 0 Å². The molecule has 112 valence electrons. The first-order valence-corrected chi connectivity index (χ1v) is 8.17. The highest BCUT2D eigenvalue weighted by Gasteiger charge is 2.30. The summed E-state index contributed by atoms with van der Waals surface area (Å²) in [7, 11) is 0. The van der Waals surface area contributed by atoms with E-state index in [1.807, 2.05) is 0 Å². The fourth-order valence-electron chi connectivity index (χ4n) is 3.43. The van der Waals surface area contributed by atoms with Crippen molar-refractivity contribution in [3.05, 3.63) is 35.4 Å². The van der Waals surface area contributed by atoms with Crippen molar-refractivity contribution in [2.75, 3.05) is 6.54 Å². The van der Waals surface area contributed by atoms with Crippen molar-refractivity contribution in [1.82, 2.24) is 5.32 Å². The number of nitrogens with one attached hydrogen (secondary N) is 1. The van der Waals surface area contributed by atoms with Crippen LogP contribution in [-0.4, -0.2) is 12.1 Å². The van der Waals surface area contributed by atoms with Crippen LogP contribution in [0.5, 0.6) is 0 Å². The number of hydrogen-bond acceptors (Lipinski definition) is 1. The lowest BCUT2D eigenvalue weighted by Gasteiger charge is -2.37. The van der Waals surface area contributed by atoms with Crippen LogP contribution in [0.2, 0.25) is 0 Å². The van der Waals surface area contributed by atoms with E-state index in [0.29, 0.717) is 0 Å². The third kappa shape index (κ3) is 4.34. The van der Waals surface area contributed by atoms with E-state index in [2.05, 4.69) is 64.2 Å². The second-order valence-electron chi connectivity index (χ2n) is 7.83. The maximum atomic E-state index is 3.72. The molecule has 1 aromatic rings. The minimum absolute atomic E-state index is 0.222. The summed E-state index contributed by atoms with van der Waals surface area (Å²) >= 11 is 0. The molecule has 1 nitrogen and oxygen atoms in total. The van der Waals surface area contributed by atoms with Crippen molar-refractivity contribution >= 4 is 0 Å². The Morgan fingerprint density at radius 2 is 1.95 bits per heavy atom. The summed E-state index contributed by atoms with van der Waals surface area (Å²) < 4.78 is 0. The van der Waals surface area contributed by atoms with Gasteiger partial charge in [-0.25, -0.2) is 0 Å². The van der Waals surface area contributed by atoms with Crippen LogP contribution in [0.3, 0.4) is 0 Å². The summed E-state index contributed by atoms with van der Waals surface area (Å²) in [6, 6.07) is 9.16. The molecular weight excluding hydrogens is 242 g/mol. The van der Waals surface area contributed by atoms with Gasteiger partial charge in [-0.3, -0.25) is 0 Å². The number of benzene rings is 1. The lowest BCUT2D eigenvalue weighted by molar-refractivity contribution is 0.227. The van der Waals surface area contributed by atoms with Gasteiger partial charge in [0.1, 0.15) is 0 Å². The summed E-state index contributed by atoms with van der Waals surface area (Å²) in [6.07, 6.45) is 4.10. The first-order chi connectivity index (χ1) is 9.35. The third-order valence-corrected chi connectivity index (χ3v) is 4.62. The average Bonchev–Trinajstić information content (AvgIpc) is 2.36. The Morgan fingerprint density at radius 1 is 1.20 bits per heavy atom. The highest BCUT2D eigenvalue weighted by atomic mass is 14.9. The molecule has 1 heteroatoms. The molecule has 0 aromatic heterocycles. The van der Waals surface area contributed by atoms with Gasteiger partial charge in [-0.1, -0.05) is 43.2 Å². The van der Waals surface area contributed by atoms with Crippen LogP contribution in [0.4, 0.5) is 0 Å². The van der Waals surface area contributed by atoms with Crippen LogP contribution >= 0.6 is 0 Å². The molecule has 0 amide bonds. The molecular formula is C19H31N. The standard InChI is InChI=1S/C19H31N/c1-14-7-6-8-16(11-14)18-12-15(2)9-10-17(18)13-20-19(3,4)5/h6-8,11,15,17-18,20H,9-10,12-13H2,1-5H3. The fourth-order valence-corrected chi connectivity index (χ4v) is 3.43. The molecule has 20 heavy (non-hydrogen) atoms. The highest BCUT2D eigenvalue weighted by Crippen LogP contribution is 2.40. The Kier molecular flexibility index (Phi) is 4.90. The maximum Gasteiger partial charge on any atom is 0.00966 e. The van der Waals surface area contributed by atoms with Crippen LogP contribution in [-0.2, 0) is 0 Å². The van der Waals surface area contributed by atoms with E-state index in [-0.39, 0.29) is 5.54 Å². The van der Waals surface area contributed by atoms with Gasteiger partial charge >= 0.3 is 0 Å². The molecule has 0 spiro atoms. The first kappa shape index (κ1) is 15.6. The quantitative estimate of drug-likeness (QED) is 0.825. The topological polar surface area (TPSA) is 12.0 Å². The minimum Gasteiger partial charge on any atom is -0.312 e. The second-order valence-corrected chi connectivity index (χ2v) is 7.83. The molecule has 0 bridgehead atoms. The number of rotatable bonds is 3. The highest BCUT2D eigenvalue weighted by molar-refractivity contribution is 5.26. The van der Waals surface area contributed by atoms with Crippen molar-refractivity contribution in [2.24, 2.45) is 11.8 Å². The van der Waals surface area contributed by atoms with Gasteiger partial charge in [-0.05, 0) is 70.4 Å². The SMILES string of the molecule is Cc1cccc(C2CC(C)CCC2CNC(C)(C)C)c1. The van der Waals surface area contributed by atoms with E-state index in [1.54, 1.807) is 5.56 Å². The van der Waals surface area contributed by atoms with Crippen molar-refractivity contribution < 1.29 is 0 Å². The third-order valence-electron chi connectivity index (χ3n) is 4.62. The monoisotopic (exact) mass is 273 g/mol. The van der Waals surface area contributed by atoms with E-state index >= 15 is 0 Å². The van der Waals surface area contributed by atoms with E-state index in [1.165, 1.54) is 24.8 Å². The molecule has 0 aliphatic heterocycles. The van der Waals surface area contributed by atoms with Crippen molar-refractivity contribution in [2.45, 2.75) is 65.3 Å². The lowest BCUT2D eigenvalue weighted by atomic mass is 9.71. The summed E-state index contributed by atoms with van der Waals surface area (Å²) in [6.45, 7) is 12.6. The molecule has 1 aliphatic rings. The average molecular weight is 273 g/mol. The van der Waals surface area contributed by atoms with Gasteiger partial charge in [-0.2, -0.15) is 0 Å². The van der Waals surface area contributed by atoms with E-state index in [9.17, 15) is 0 Å². The Labute approximate surface area is 125 Å². The Bertz CT molecular complexity index is 430. The molecule has 1 aliphatic carbocycles. The molecule has 1 saturated carbocycles. The minimum atomic E-state index is 0.222. The van der Waals surface area contributed by atoms with E-state index in [4.69, 9.17) is 0 Å². The maximum absolute atomic E-state index is 3.72. The predicted molar refractivity (Wildman–Crippen MR) is 88.2 cm³/mol. The van der Waals surface area contributed by atoms with Gasteiger partial charge in [0.2, 0.25) is 0 Å². The molecule has 0 saturated heterocycles. The molecule has 2 rings (SSSR count).